The molecule has 1 fully saturated rings. The SMILES string of the molecule is CCC1=CC2C(CC[C@H]2N(C(=O)c2cccc3c2OCO3)[C@@H](C(N)=O)c2ccc(/C=C/C=C\C(C(=O)N([C@@H]3CCc4c(F)cc(C)cc43)[C@@H](C(N)=O)c3ccccc3)=C(/C)C#N)nc2)C(F)=C1. The molecule has 0 saturated heterocycles. The molecule has 2 unspecified atom stereocenters. The van der Waals surface area contributed by atoms with Crippen LogP contribution >= 0.6 is 0 Å². The highest BCUT2D eigenvalue weighted by molar-refractivity contribution is 6.02. The lowest BCUT2D eigenvalue weighted by Gasteiger charge is -2.39. The van der Waals surface area contributed by atoms with Crippen LogP contribution in [-0.2, 0) is 20.8 Å². The number of nitrogens with two attached hydrogens (primary N) is 2. The average molecular weight is 905 g/mol. The Morgan fingerprint density at radius 1 is 0.925 bits per heavy atom. The number of aryl methyl sites for hydroxylation is 1. The van der Waals surface area contributed by atoms with E-state index in [9.17, 15) is 24.4 Å². The molecule has 1 aromatic heterocycles. The minimum Gasteiger partial charge on any atom is -0.454 e. The molecule has 342 valence electrons. The number of carbonyl (C=O) groups excluding carboxylic acids is 4. The number of halogens is 2. The minimum atomic E-state index is -1.30. The molecule has 8 rings (SSSR count). The van der Waals surface area contributed by atoms with Gasteiger partial charge in [0.25, 0.3) is 11.8 Å². The Labute approximate surface area is 387 Å². The monoisotopic (exact) mass is 904 g/mol. The summed E-state index contributed by atoms with van der Waals surface area (Å²) in [6.07, 6.45) is 13.4. The number of carbonyl (C=O) groups is 4. The number of hydrogen-bond acceptors (Lipinski definition) is 8. The average Bonchev–Trinajstić information content (AvgIpc) is 4.09. The number of pyridine rings is 1. The molecule has 14 heteroatoms. The Hall–Kier alpha value is -7.66. The van der Waals surface area contributed by atoms with Crippen molar-refractivity contribution in [3.63, 3.8) is 0 Å². The maximum Gasteiger partial charge on any atom is 0.258 e. The Bertz CT molecular complexity index is 2830. The smallest absolute Gasteiger partial charge is 0.258 e. The number of para-hydroxylation sites is 1. The third-order valence-electron chi connectivity index (χ3n) is 13.1. The van der Waals surface area contributed by atoms with E-state index < -0.39 is 65.4 Å². The standard InChI is InChI=1S/C53H50F2N6O6/c1-4-32-25-41-38(43(55)26-32)20-22-45(41)61(53(65)39-15-10-16-46-49(39)67-29-66-46)48(51(58)63)34-17-18-35(59-28-34)13-8-9-14-36(31(3)27-56)52(64)60(47(50(57)62)33-11-6-5-7-12-33)44-21-19-37-40(44)23-30(2)24-42(37)54/h5-18,23-26,28,38,41,44-45,47-48H,4,19-22,29H2,1-3H3,(H2,57,62)(H2,58,63)/b13-8+,14-9-,36-31-/t38?,41?,44-,45-,47-,48-/m1/s1. The predicted octanol–water partition coefficient (Wildman–Crippen LogP) is 8.68. The number of nitrogens with zero attached hydrogens (tertiary/aromatic N) is 4. The summed E-state index contributed by atoms with van der Waals surface area (Å²) < 4.78 is 42.0. The fourth-order valence-corrected chi connectivity index (χ4v) is 10.00. The second-order valence-electron chi connectivity index (χ2n) is 17.2. The van der Waals surface area contributed by atoms with Crippen molar-refractivity contribution < 1.29 is 37.4 Å². The number of nitriles is 1. The number of hydrogen-bond donors (Lipinski definition) is 2. The predicted molar refractivity (Wildman–Crippen MR) is 246 cm³/mol. The highest BCUT2D eigenvalue weighted by atomic mass is 19.1. The summed E-state index contributed by atoms with van der Waals surface area (Å²) >= 11 is 0. The van der Waals surface area contributed by atoms with Crippen LogP contribution in [0.4, 0.5) is 8.78 Å². The fraction of sp³-hybridized carbons (Fsp3) is 0.283. The van der Waals surface area contributed by atoms with Crippen LogP contribution in [0.3, 0.4) is 0 Å². The van der Waals surface area contributed by atoms with E-state index in [0.717, 1.165) is 5.57 Å². The quantitative estimate of drug-likeness (QED) is 0.0716. The molecule has 67 heavy (non-hydrogen) atoms. The van der Waals surface area contributed by atoms with Gasteiger partial charge in [-0.15, -0.1) is 0 Å². The van der Waals surface area contributed by atoms with Gasteiger partial charge >= 0.3 is 0 Å². The van der Waals surface area contributed by atoms with Gasteiger partial charge in [-0.2, -0.15) is 5.26 Å². The largest absolute Gasteiger partial charge is 0.454 e. The van der Waals surface area contributed by atoms with Gasteiger partial charge in [-0.05, 0) is 116 Å². The molecular weight excluding hydrogens is 855 g/mol. The van der Waals surface area contributed by atoms with Gasteiger partial charge in [0.1, 0.15) is 23.7 Å². The Kier molecular flexibility index (Phi) is 13.3. The van der Waals surface area contributed by atoms with Gasteiger partial charge in [0.15, 0.2) is 11.5 Å². The summed E-state index contributed by atoms with van der Waals surface area (Å²) in [5.74, 6) is -3.65. The second kappa shape index (κ2) is 19.4. The molecule has 4 aromatic rings. The van der Waals surface area contributed by atoms with Gasteiger partial charge in [0, 0.05) is 35.2 Å². The van der Waals surface area contributed by atoms with Crippen molar-refractivity contribution in [3.05, 3.63) is 177 Å². The number of aromatic nitrogens is 1. The first-order valence-corrected chi connectivity index (χ1v) is 22.3. The molecule has 6 atom stereocenters. The summed E-state index contributed by atoms with van der Waals surface area (Å²) in [6, 6.07) is 18.3. The van der Waals surface area contributed by atoms with Crippen molar-refractivity contribution in [2.45, 2.75) is 77.0 Å². The summed E-state index contributed by atoms with van der Waals surface area (Å²) in [6.45, 7) is 5.11. The number of benzene rings is 3. The lowest BCUT2D eigenvalue weighted by Crippen LogP contribution is -2.49. The van der Waals surface area contributed by atoms with Crippen molar-refractivity contribution >= 4 is 29.7 Å². The van der Waals surface area contributed by atoms with Gasteiger partial charge in [-0.1, -0.05) is 73.7 Å². The number of amides is 4. The molecule has 0 radical (unpaired) electrons. The van der Waals surface area contributed by atoms with Gasteiger partial charge in [-0.3, -0.25) is 24.2 Å². The number of ether oxygens (including phenoxy) is 2. The Morgan fingerprint density at radius 2 is 1.69 bits per heavy atom. The zero-order chi connectivity index (χ0) is 47.5. The third-order valence-corrected chi connectivity index (χ3v) is 13.1. The normalized spacial score (nSPS) is 20.5. The van der Waals surface area contributed by atoms with Crippen LogP contribution in [0.25, 0.3) is 6.08 Å². The highest BCUT2D eigenvalue weighted by Crippen LogP contribution is 2.48. The van der Waals surface area contributed by atoms with Crippen LogP contribution in [0.15, 0.2) is 132 Å². The van der Waals surface area contributed by atoms with E-state index in [1.165, 1.54) is 35.1 Å². The van der Waals surface area contributed by atoms with Crippen molar-refractivity contribution in [2.24, 2.45) is 23.3 Å². The summed E-state index contributed by atoms with van der Waals surface area (Å²) in [5.41, 5.74) is 16.2. The van der Waals surface area contributed by atoms with E-state index in [-0.39, 0.29) is 35.1 Å². The number of primary amides is 2. The topological polar surface area (TPSA) is 182 Å². The molecule has 4 N–H and O–H groups in total. The van der Waals surface area contributed by atoms with Gasteiger partial charge in [-0.25, -0.2) is 8.78 Å². The van der Waals surface area contributed by atoms with Crippen molar-refractivity contribution in [1.29, 1.82) is 5.26 Å². The first kappa shape index (κ1) is 45.9. The number of rotatable bonds is 14. The maximum atomic E-state index is 15.5. The van der Waals surface area contributed by atoms with Crippen LogP contribution in [0, 0.1) is 35.9 Å². The molecule has 1 saturated carbocycles. The van der Waals surface area contributed by atoms with Gasteiger partial charge in [0.2, 0.25) is 18.6 Å². The van der Waals surface area contributed by atoms with Crippen LogP contribution in [0.2, 0.25) is 0 Å². The number of fused-ring (bicyclic) bond motifs is 3. The molecule has 0 bridgehead atoms. The molecule has 3 aromatic carbocycles. The summed E-state index contributed by atoms with van der Waals surface area (Å²) in [4.78, 5) is 64.0. The van der Waals surface area contributed by atoms with Crippen molar-refractivity contribution in [3.8, 4) is 17.6 Å². The molecule has 4 amide bonds. The maximum absolute atomic E-state index is 15.5. The van der Waals surface area contributed by atoms with E-state index in [1.807, 2.05) is 19.1 Å². The van der Waals surface area contributed by atoms with Crippen LogP contribution in [-0.4, -0.2) is 51.2 Å². The van der Waals surface area contributed by atoms with Crippen molar-refractivity contribution in [1.82, 2.24) is 14.8 Å². The molecule has 2 heterocycles. The Morgan fingerprint density at radius 3 is 2.39 bits per heavy atom. The van der Waals surface area contributed by atoms with E-state index in [0.29, 0.717) is 71.4 Å². The van der Waals surface area contributed by atoms with Crippen LogP contribution in [0.1, 0.15) is 102 Å². The number of allylic oxidation sites excluding steroid dienone is 6. The van der Waals surface area contributed by atoms with Gasteiger partial charge in [0.05, 0.1) is 28.9 Å². The van der Waals surface area contributed by atoms with Crippen LogP contribution in [0.5, 0.6) is 11.5 Å². The van der Waals surface area contributed by atoms with E-state index in [2.05, 4.69) is 11.1 Å². The first-order valence-electron chi connectivity index (χ1n) is 22.3. The fourth-order valence-electron chi connectivity index (χ4n) is 10.00. The molecule has 4 aliphatic rings. The zero-order valence-electron chi connectivity index (χ0n) is 37.3. The molecule has 0 spiro atoms. The van der Waals surface area contributed by atoms with Crippen LogP contribution < -0.4 is 20.9 Å². The Balaban J connectivity index is 1.09. The van der Waals surface area contributed by atoms with E-state index >= 15 is 8.78 Å². The first-order chi connectivity index (χ1) is 32.3. The highest BCUT2D eigenvalue weighted by Gasteiger charge is 2.48. The van der Waals surface area contributed by atoms with Gasteiger partial charge < -0.3 is 30.7 Å². The van der Waals surface area contributed by atoms with Crippen molar-refractivity contribution in [2.75, 3.05) is 6.79 Å². The molecular formula is C53H50F2N6O6. The molecule has 1 aliphatic heterocycles. The van der Waals surface area contributed by atoms with E-state index in [4.69, 9.17) is 20.9 Å². The lowest BCUT2D eigenvalue weighted by molar-refractivity contribution is -0.139. The second-order valence-corrected chi connectivity index (χ2v) is 17.2. The molecule has 12 nitrogen and oxygen atoms in total. The minimum absolute atomic E-state index is 0.00214. The summed E-state index contributed by atoms with van der Waals surface area (Å²) in [5, 5.41) is 10.1. The molecule has 3 aliphatic carbocycles. The summed E-state index contributed by atoms with van der Waals surface area (Å²) in [7, 11) is 0. The van der Waals surface area contributed by atoms with E-state index in [1.54, 1.807) is 91.9 Å². The zero-order valence-corrected chi connectivity index (χ0v) is 37.3. The lowest BCUT2D eigenvalue weighted by atomic mass is 9.84. The third kappa shape index (κ3) is 9.01.